The number of aryl methyl sites for hydroxylation is 1. The summed E-state index contributed by atoms with van der Waals surface area (Å²) in [4.78, 5) is 12.1. The summed E-state index contributed by atoms with van der Waals surface area (Å²) in [6.07, 6.45) is 0. The van der Waals surface area contributed by atoms with Crippen molar-refractivity contribution in [3.63, 3.8) is 0 Å². The van der Waals surface area contributed by atoms with Gasteiger partial charge < -0.3 is 15.8 Å². The van der Waals surface area contributed by atoms with Crippen LogP contribution in [0.5, 0.6) is 6.01 Å². The summed E-state index contributed by atoms with van der Waals surface area (Å²) in [6.45, 7) is 4.31. The highest BCUT2D eigenvalue weighted by molar-refractivity contribution is 9.10. The van der Waals surface area contributed by atoms with E-state index in [-0.39, 0.29) is 12.0 Å². The first-order valence-electron chi connectivity index (χ1n) is 5.76. The van der Waals surface area contributed by atoms with E-state index in [0.29, 0.717) is 12.6 Å². The molecular formula is C12H14BrN5O. The molecule has 0 amide bonds. The van der Waals surface area contributed by atoms with E-state index in [1.165, 1.54) is 0 Å². The molecule has 0 atom stereocenters. The molecule has 2 rings (SSSR count). The maximum Gasteiger partial charge on any atom is 0.323 e. The fourth-order valence-electron chi connectivity index (χ4n) is 1.47. The largest absolute Gasteiger partial charge is 0.464 e. The number of halogens is 1. The summed E-state index contributed by atoms with van der Waals surface area (Å²) in [5.41, 5.74) is 7.58. The Morgan fingerprint density at radius 1 is 1.32 bits per heavy atom. The van der Waals surface area contributed by atoms with Crippen LogP contribution in [0.4, 0.5) is 17.6 Å². The summed E-state index contributed by atoms with van der Waals surface area (Å²) in [5.74, 6) is 0.478. The van der Waals surface area contributed by atoms with Gasteiger partial charge in [0.25, 0.3) is 0 Å². The molecule has 0 saturated carbocycles. The maximum absolute atomic E-state index is 5.62. The number of nitrogens with two attached hydrogens (primary N) is 1. The molecule has 0 saturated heterocycles. The number of aromatic nitrogens is 3. The van der Waals surface area contributed by atoms with Gasteiger partial charge in [-0.15, -0.1) is 0 Å². The van der Waals surface area contributed by atoms with E-state index in [1.807, 2.05) is 32.0 Å². The van der Waals surface area contributed by atoms with Crippen molar-refractivity contribution in [3.05, 3.63) is 28.2 Å². The first kappa shape index (κ1) is 13.5. The molecule has 6 nitrogen and oxygen atoms in total. The molecule has 0 aliphatic carbocycles. The highest BCUT2D eigenvalue weighted by Gasteiger charge is 2.07. The fraction of sp³-hybridized carbons (Fsp3) is 0.250. The third-order valence-electron chi connectivity index (χ3n) is 2.35. The number of nitrogens with one attached hydrogen (secondary N) is 1. The number of hydrogen-bond donors (Lipinski definition) is 2. The predicted octanol–water partition coefficient (Wildman–Crippen LogP) is 2.67. The van der Waals surface area contributed by atoms with Crippen molar-refractivity contribution in [2.24, 2.45) is 0 Å². The van der Waals surface area contributed by atoms with E-state index in [9.17, 15) is 0 Å². The molecule has 3 N–H and O–H groups in total. The lowest BCUT2D eigenvalue weighted by atomic mass is 10.2. The van der Waals surface area contributed by atoms with E-state index < -0.39 is 0 Å². The van der Waals surface area contributed by atoms with Crippen LogP contribution in [0.2, 0.25) is 0 Å². The van der Waals surface area contributed by atoms with Gasteiger partial charge in [-0.25, -0.2) is 0 Å². The van der Waals surface area contributed by atoms with Gasteiger partial charge in [0.1, 0.15) is 0 Å². The SMILES string of the molecule is CCOc1nc(N)nc(Nc2cc(Br)ccc2C)n1. The molecule has 1 aromatic carbocycles. The van der Waals surface area contributed by atoms with Crippen LogP contribution in [-0.4, -0.2) is 21.6 Å². The van der Waals surface area contributed by atoms with Crippen LogP contribution in [0.3, 0.4) is 0 Å². The van der Waals surface area contributed by atoms with E-state index in [2.05, 4.69) is 36.2 Å². The fourth-order valence-corrected chi connectivity index (χ4v) is 1.83. The Kier molecular flexibility index (Phi) is 4.16. The Morgan fingerprint density at radius 3 is 2.84 bits per heavy atom. The summed E-state index contributed by atoms with van der Waals surface area (Å²) >= 11 is 3.42. The summed E-state index contributed by atoms with van der Waals surface area (Å²) in [5, 5.41) is 3.10. The molecule has 1 aromatic heterocycles. The predicted molar refractivity (Wildman–Crippen MR) is 77.6 cm³/mol. The average molecular weight is 324 g/mol. The number of nitrogens with zero attached hydrogens (tertiary/aromatic N) is 3. The van der Waals surface area contributed by atoms with Crippen molar-refractivity contribution in [2.45, 2.75) is 13.8 Å². The number of benzene rings is 1. The number of rotatable bonds is 4. The topological polar surface area (TPSA) is 86.0 Å². The first-order chi connectivity index (χ1) is 9.08. The molecule has 0 aliphatic heterocycles. The standard InChI is InChI=1S/C12H14BrN5O/c1-3-19-12-17-10(14)16-11(18-12)15-9-6-8(13)5-4-7(9)2/h4-6H,3H2,1-2H3,(H3,14,15,16,17,18). The highest BCUT2D eigenvalue weighted by atomic mass is 79.9. The van der Waals surface area contributed by atoms with Crippen LogP contribution < -0.4 is 15.8 Å². The second kappa shape index (κ2) is 5.83. The smallest absolute Gasteiger partial charge is 0.323 e. The van der Waals surface area contributed by atoms with Crippen LogP contribution in [0, 0.1) is 6.92 Å². The van der Waals surface area contributed by atoms with Crippen LogP contribution in [0.15, 0.2) is 22.7 Å². The molecule has 0 spiro atoms. The highest BCUT2D eigenvalue weighted by Crippen LogP contribution is 2.23. The zero-order valence-electron chi connectivity index (χ0n) is 10.6. The maximum atomic E-state index is 5.62. The van der Waals surface area contributed by atoms with Crippen LogP contribution in [-0.2, 0) is 0 Å². The van der Waals surface area contributed by atoms with Crippen molar-refractivity contribution in [3.8, 4) is 6.01 Å². The summed E-state index contributed by atoms with van der Waals surface area (Å²) in [6, 6.07) is 6.11. The Labute approximate surface area is 119 Å². The lowest BCUT2D eigenvalue weighted by Crippen LogP contribution is -2.07. The summed E-state index contributed by atoms with van der Waals surface area (Å²) < 4.78 is 6.19. The van der Waals surface area contributed by atoms with Crippen LogP contribution >= 0.6 is 15.9 Å². The lowest BCUT2D eigenvalue weighted by molar-refractivity contribution is 0.312. The normalized spacial score (nSPS) is 10.3. The monoisotopic (exact) mass is 323 g/mol. The Balaban J connectivity index is 2.29. The minimum Gasteiger partial charge on any atom is -0.464 e. The van der Waals surface area contributed by atoms with Crippen molar-refractivity contribution >= 4 is 33.5 Å². The first-order valence-corrected chi connectivity index (χ1v) is 6.55. The molecular weight excluding hydrogens is 310 g/mol. The molecule has 0 aliphatic rings. The van der Waals surface area contributed by atoms with E-state index >= 15 is 0 Å². The van der Waals surface area contributed by atoms with E-state index in [4.69, 9.17) is 10.5 Å². The van der Waals surface area contributed by atoms with Gasteiger partial charge in [-0.05, 0) is 31.5 Å². The number of anilines is 3. The molecule has 1 heterocycles. The van der Waals surface area contributed by atoms with Gasteiger partial charge in [-0.1, -0.05) is 22.0 Å². The van der Waals surface area contributed by atoms with Crippen molar-refractivity contribution < 1.29 is 4.74 Å². The number of ether oxygens (including phenoxy) is 1. The van der Waals surface area contributed by atoms with Gasteiger partial charge in [-0.3, -0.25) is 0 Å². The third kappa shape index (κ3) is 3.54. The Morgan fingerprint density at radius 2 is 2.11 bits per heavy atom. The zero-order chi connectivity index (χ0) is 13.8. The third-order valence-corrected chi connectivity index (χ3v) is 2.84. The second-order valence-corrected chi connectivity index (χ2v) is 4.73. The van der Waals surface area contributed by atoms with E-state index in [0.717, 1.165) is 15.7 Å². The van der Waals surface area contributed by atoms with Crippen molar-refractivity contribution in [2.75, 3.05) is 17.7 Å². The second-order valence-electron chi connectivity index (χ2n) is 3.82. The average Bonchev–Trinajstić information content (AvgIpc) is 2.33. The molecule has 0 radical (unpaired) electrons. The Hall–Kier alpha value is -1.89. The lowest BCUT2D eigenvalue weighted by Gasteiger charge is -2.09. The summed E-state index contributed by atoms with van der Waals surface area (Å²) in [7, 11) is 0. The molecule has 0 fully saturated rings. The van der Waals surface area contributed by atoms with Gasteiger partial charge in [0, 0.05) is 10.2 Å². The minimum atomic E-state index is 0.119. The molecule has 100 valence electrons. The van der Waals surface area contributed by atoms with Crippen molar-refractivity contribution in [1.29, 1.82) is 0 Å². The molecule has 7 heteroatoms. The molecule has 0 bridgehead atoms. The van der Waals surface area contributed by atoms with Gasteiger partial charge >= 0.3 is 6.01 Å². The van der Waals surface area contributed by atoms with Gasteiger partial charge in [0.05, 0.1) is 6.61 Å². The van der Waals surface area contributed by atoms with E-state index in [1.54, 1.807) is 0 Å². The minimum absolute atomic E-state index is 0.119. The van der Waals surface area contributed by atoms with Gasteiger partial charge in [0.15, 0.2) is 0 Å². The number of hydrogen-bond acceptors (Lipinski definition) is 6. The quantitative estimate of drug-likeness (QED) is 0.899. The molecule has 19 heavy (non-hydrogen) atoms. The van der Waals surface area contributed by atoms with Gasteiger partial charge in [-0.2, -0.15) is 15.0 Å². The van der Waals surface area contributed by atoms with Crippen LogP contribution in [0.25, 0.3) is 0 Å². The van der Waals surface area contributed by atoms with Crippen molar-refractivity contribution in [1.82, 2.24) is 15.0 Å². The van der Waals surface area contributed by atoms with Gasteiger partial charge in [0.2, 0.25) is 11.9 Å². The number of nitrogen functional groups attached to an aromatic ring is 1. The molecule has 0 unspecified atom stereocenters. The molecule has 2 aromatic rings. The zero-order valence-corrected chi connectivity index (χ0v) is 12.2. The van der Waals surface area contributed by atoms with Crippen LogP contribution in [0.1, 0.15) is 12.5 Å². The Bertz CT molecular complexity index is 590.